The second kappa shape index (κ2) is 8.38. The number of hydrogen-bond acceptors (Lipinski definition) is 4. The molecular formula is C17H20F2NO3P. The lowest BCUT2D eigenvalue weighted by atomic mass is 10.2. The topological polar surface area (TPSA) is 47.6 Å². The fourth-order valence-electron chi connectivity index (χ4n) is 2.31. The normalized spacial score (nSPS) is 12.8. The lowest BCUT2D eigenvalue weighted by Gasteiger charge is -2.28. The Morgan fingerprint density at radius 1 is 1.04 bits per heavy atom. The van der Waals surface area contributed by atoms with Crippen LogP contribution in [0.5, 0.6) is 0 Å². The van der Waals surface area contributed by atoms with Crippen molar-refractivity contribution in [2.45, 2.75) is 19.6 Å². The van der Waals surface area contributed by atoms with E-state index in [-0.39, 0.29) is 18.8 Å². The molecule has 0 saturated heterocycles. The summed E-state index contributed by atoms with van der Waals surface area (Å²) in [6.45, 7) is 3.61. The molecule has 0 saturated carbocycles. The number of benzene rings is 2. The number of anilines is 1. The molecule has 4 nitrogen and oxygen atoms in total. The Labute approximate surface area is 140 Å². The third kappa shape index (κ3) is 4.41. The molecule has 130 valence electrons. The van der Waals surface area contributed by atoms with Crippen LogP contribution in [0.2, 0.25) is 0 Å². The summed E-state index contributed by atoms with van der Waals surface area (Å²) in [4.78, 5) is 0. The van der Waals surface area contributed by atoms with Crippen LogP contribution in [0.15, 0.2) is 48.5 Å². The van der Waals surface area contributed by atoms with Crippen molar-refractivity contribution < 1.29 is 22.4 Å². The Balaban J connectivity index is 2.48. The summed E-state index contributed by atoms with van der Waals surface area (Å²) >= 11 is 0. The van der Waals surface area contributed by atoms with Crippen molar-refractivity contribution in [3.8, 4) is 0 Å². The molecule has 0 bridgehead atoms. The van der Waals surface area contributed by atoms with Gasteiger partial charge in [-0.15, -0.1) is 0 Å². The molecule has 0 aliphatic carbocycles. The maximum Gasteiger partial charge on any atom is 0.357 e. The van der Waals surface area contributed by atoms with Crippen LogP contribution in [-0.2, 0) is 13.6 Å². The van der Waals surface area contributed by atoms with Crippen molar-refractivity contribution in [2.75, 3.05) is 18.5 Å². The van der Waals surface area contributed by atoms with E-state index in [0.29, 0.717) is 5.69 Å². The second-order valence-corrected chi connectivity index (χ2v) is 7.07. The van der Waals surface area contributed by atoms with Crippen LogP contribution in [0.3, 0.4) is 0 Å². The van der Waals surface area contributed by atoms with Crippen molar-refractivity contribution in [1.82, 2.24) is 0 Å². The lowest BCUT2D eigenvalue weighted by molar-refractivity contribution is 0.213. The largest absolute Gasteiger partial charge is 0.368 e. The first kappa shape index (κ1) is 18.6. The van der Waals surface area contributed by atoms with E-state index in [1.54, 1.807) is 26.0 Å². The molecule has 0 spiro atoms. The molecule has 24 heavy (non-hydrogen) atoms. The summed E-state index contributed by atoms with van der Waals surface area (Å²) in [6, 6.07) is 11.5. The molecule has 0 amide bonds. The van der Waals surface area contributed by atoms with Crippen molar-refractivity contribution in [3.05, 3.63) is 65.7 Å². The average molecular weight is 355 g/mol. The quantitative estimate of drug-likeness (QED) is 0.649. The first-order chi connectivity index (χ1) is 11.5. The van der Waals surface area contributed by atoms with Crippen molar-refractivity contribution in [2.24, 2.45) is 0 Å². The Morgan fingerprint density at radius 3 is 2.29 bits per heavy atom. The molecule has 7 heteroatoms. The summed E-state index contributed by atoms with van der Waals surface area (Å²) < 4.78 is 51.6. The fourth-order valence-corrected chi connectivity index (χ4v) is 4.26. The van der Waals surface area contributed by atoms with Gasteiger partial charge in [-0.2, -0.15) is 0 Å². The molecule has 2 rings (SSSR count). The van der Waals surface area contributed by atoms with Crippen LogP contribution in [0.4, 0.5) is 14.5 Å². The highest BCUT2D eigenvalue weighted by Gasteiger charge is 2.38. The maximum absolute atomic E-state index is 14.3. The van der Waals surface area contributed by atoms with Gasteiger partial charge in [-0.3, -0.25) is 4.57 Å². The second-order valence-electron chi connectivity index (χ2n) is 4.95. The first-order valence-corrected chi connectivity index (χ1v) is 9.26. The number of nitrogens with one attached hydrogen (secondary N) is 1. The van der Waals surface area contributed by atoms with Gasteiger partial charge in [0.2, 0.25) is 0 Å². The SMILES string of the molecule is CCOP(=O)(OCC)C(Nc1cccc(F)c1)c1ccccc1F. The van der Waals surface area contributed by atoms with Gasteiger partial charge in [-0.05, 0) is 38.1 Å². The average Bonchev–Trinajstić information content (AvgIpc) is 2.54. The summed E-state index contributed by atoms with van der Waals surface area (Å²) in [7, 11) is -3.73. The molecule has 0 heterocycles. The van der Waals surface area contributed by atoms with Gasteiger partial charge in [0, 0.05) is 11.3 Å². The van der Waals surface area contributed by atoms with E-state index in [1.165, 1.54) is 36.4 Å². The minimum atomic E-state index is -3.73. The minimum Gasteiger partial charge on any atom is -0.368 e. The molecule has 1 atom stereocenters. The first-order valence-electron chi connectivity index (χ1n) is 7.65. The van der Waals surface area contributed by atoms with E-state index >= 15 is 0 Å². The smallest absolute Gasteiger partial charge is 0.357 e. The standard InChI is InChI=1S/C17H20F2NO3P/c1-3-22-24(21,23-4-2)17(15-10-5-6-11-16(15)19)20-14-9-7-8-13(18)12-14/h5-12,17,20H,3-4H2,1-2H3. The zero-order chi connectivity index (χ0) is 17.6. The molecule has 0 aliphatic heterocycles. The lowest BCUT2D eigenvalue weighted by Crippen LogP contribution is -2.16. The highest BCUT2D eigenvalue weighted by Crippen LogP contribution is 2.61. The van der Waals surface area contributed by atoms with Gasteiger partial charge in [-0.1, -0.05) is 24.3 Å². The Hall–Kier alpha value is -1.75. The van der Waals surface area contributed by atoms with E-state index in [9.17, 15) is 13.3 Å². The van der Waals surface area contributed by atoms with E-state index < -0.39 is 25.0 Å². The Bertz CT molecular complexity index is 716. The minimum absolute atomic E-state index is 0.131. The van der Waals surface area contributed by atoms with Crippen molar-refractivity contribution in [1.29, 1.82) is 0 Å². The van der Waals surface area contributed by atoms with Gasteiger partial charge < -0.3 is 14.4 Å². The Kier molecular flexibility index (Phi) is 6.49. The number of hydrogen-bond donors (Lipinski definition) is 1. The van der Waals surface area contributed by atoms with E-state index in [0.717, 1.165) is 0 Å². The van der Waals surface area contributed by atoms with Gasteiger partial charge >= 0.3 is 7.60 Å². The van der Waals surface area contributed by atoms with Crippen molar-refractivity contribution >= 4 is 13.3 Å². The summed E-state index contributed by atoms with van der Waals surface area (Å²) in [5.41, 5.74) is 0.481. The van der Waals surface area contributed by atoms with Crippen molar-refractivity contribution in [3.63, 3.8) is 0 Å². The van der Waals surface area contributed by atoms with E-state index in [1.807, 2.05) is 0 Å². The zero-order valence-corrected chi connectivity index (χ0v) is 14.4. The highest BCUT2D eigenvalue weighted by atomic mass is 31.2. The molecule has 2 aromatic carbocycles. The number of halogens is 2. The fraction of sp³-hybridized carbons (Fsp3) is 0.294. The van der Waals surface area contributed by atoms with Crippen LogP contribution in [0, 0.1) is 11.6 Å². The van der Waals surface area contributed by atoms with Gasteiger partial charge in [0.05, 0.1) is 13.2 Å². The van der Waals surface area contributed by atoms with Gasteiger partial charge in [-0.25, -0.2) is 8.78 Å². The molecular weight excluding hydrogens is 335 g/mol. The van der Waals surface area contributed by atoms with Crippen LogP contribution in [-0.4, -0.2) is 13.2 Å². The van der Waals surface area contributed by atoms with Gasteiger partial charge in [0.15, 0.2) is 5.78 Å². The highest BCUT2D eigenvalue weighted by molar-refractivity contribution is 7.54. The molecule has 2 aromatic rings. The van der Waals surface area contributed by atoms with Gasteiger partial charge in [0.1, 0.15) is 11.6 Å². The molecule has 0 radical (unpaired) electrons. The summed E-state index contributed by atoms with van der Waals surface area (Å²) in [6.07, 6.45) is 0. The zero-order valence-electron chi connectivity index (χ0n) is 13.5. The predicted molar refractivity (Wildman–Crippen MR) is 90.0 cm³/mol. The van der Waals surface area contributed by atoms with Crippen LogP contribution < -0.4 is 5.32 Å². The third-order valence-corrected chi connectivity index (χ3v) is 5.54. The molecule has 1 unspecified atom stereocenters. The molecule has 0 aliphatic rings. The van der Waals surface area contributed by atoms with E-state index in [2.05, 4.69) is 5.32 Å². The Morgan fingerprint density at radius 2 is 1.71 bits per heavy atom. The number of rotatable bonds is 8. The van der Waals surface area contributed by atoms with Crippen LogP contribution in [0.1, 0.15) is 25.2 Å². The molecule has 0 fully saturated rings. The molecule has 0 aromatic heterocycles. The van der Waals surface area contributed by atoms with E-state index in [4.69, 9.17) is 9.05 Å². The monoisotopic (exact) mass is 355 g/mol. The summed E-state index contributed by atoms with van der Waals surface area (Å²) in [5.74, 6) is -2.11. The molecule has 1 N–H and O–H groups in total. The van der Waals surface area contributed by atoms with Crippen LogP contribution >= 0.6 is 7.60 Å². The van der Waals surface area contributed by atoms with Gasteiger partial charge in [0.25, 0.3) is 0 Å². The summed E-state index contributed by atoms with van der Waals surface area (Å²) in [5, 5.41) is 2.89. The third-order valence-electron chi connectivity index (χ3n) is 3.26. The van der Waals surface area contributed by atoms with Crippen LogP contribution in [0.25, 0.3) is 0 Å². The maximum atomic E-state index is 14.3. The predicted octanol–water partition coefficient (Wildman–Crippen LogP) is 5.34.